The third kappa shape index (κ3) is 3.80. The van der Waals surface area contributed by atoms with Crippen LogP contribution in [-0.4, -0.2) is 69.7 Å². The Bertz CT molecular complexity index is 851. The third-order valence-corrected chi connectivity index (χ3v) is 5.69. The van der Waals surface area contributed by atoms with Crippen molar-refractivity contribution in [2.45, 2.75) is 38.8 Å². The van der Waals surface area contributed by atoms with Gasteiger partial charge in [0.1, 0.15) is 0 Å². The lowest BCUT2D eigenvalue weighted by Crippen LogP contribution is -2.55. The van der Waals surface area contributed by atoms with Crippen LogP contribution in [0.15, 0.2) is 36.5 Å². The number of aromatic nitrogens is 2. The average Bonchev–Trinajstić information content (AvgIpc) is 3.46. The highest BCUT2D eigenvalue weighted by Crippen LogP contribution is 2.20. The van der Waals surface area contributed by atoms with Crippen molar-refractivity contribution >= 4 is 11.8 Å². The summed E-state index contributed by atoms with van der Waals surface area (Å²) >= 11 is 0. The van der Waals surface area contributed by atoms with Gasteiger partial charge in [-0.1, -0.05) is 18.2 Å². The summed E-state index contributed by atoms with van der Waals surface area (Å²) in [6.45, 7) is 6.52. The van der Waals surface area contributed by atoms with E-state index >= 15 is 0 Å². The molecule has 0 spiro atoms. The van der Waals surface area contributed by atoms with E-state index in [0.717, 1.165) is 24.2 Å². The van der Waals surface area contributed by atoms with Gasteiger partial charge in [-0.15, -0.1) is 0 Å². The van der Waals surface area contributed by atoms with Gasteiger partial charge in [-0.2, -0.15) is 5.10 Å². The number of benzene rings is 1. The fraction of sp³-hybridized carbons (Fsp3) is 0.476. The van der Waals surface area contributed by atoms with E-state index in [2.05, 4.69) is 15.3 Å². The molecule has 2 amide bonds. The standard InChI is InChI=1S/C21H27N5O2/c1-15-19(14-22-26(15)18-6-4-3-5-7-18)21(28)25-12-10-24(11-13-25)16(2)20(27)23-17-8-9-17/h3-7,14,16-17H,8-13H2,1-2H3,(H,23,27). The van der Waals surface area contributed by atoms with Crippen LogP contribution in [0.1, 0.15) is 35.8 Å². The van der Waals surface area contributed by atoms with Gasteiger partial charge < -0.3 is 10.2 Å². The van der Waals surface area contributed by atoms with E-state index in [0.29, 0.717) is 37.8 Å². The van der Waals surface area contributed by atoms with Crippen LogP contribution in [0, 0.1) is 6.92 Å². The van der Waals surface area contributed by atoms with Gasteiger partial charge in [0.05, 0.1) is 29.2 Å². The molecule has 1 aromatic heterocycles. The van der Waals surface area contributed by atoms with E-state index in [1.165, 1.54) is 0 Å². The van der Waals surface area contributed by atoms with Crippen LogP contribution < -0.4 is 5.32 Å². The maximum absolute atomic E-state index is 13.0. The smallest absolute Gasteiger partial charge is 0.257 e. The second kappa shape index (κ2) is 7.75. The zero-order chi connectivity index (χ0) is 19.7. The average molecular weight is 381 g/mol. The molecule has 1 atom stereocenters. The minimum Gasteiger partial charge on any atom is -0.352 e. The minimum atomic E-state index is -0.152. The second-order valence-corrected chi connectivity index (χ2v) is 7.68. The normalized spacial score (nSPS) is 18.7. The first kappa shape index (κ1) is 18.7. The topological polar surface area (TPSA) is 70.5 Å². The summed E-state index contributed by atoms with van der Waals surface area (Å²) in [6, 6.07) is 10.0. The second-order valence-electron chi connectivity index (χ2n) is 7.68. The van der Waals surface area contributed by atoms with Crippen molar-refractivity contribution in [3.05, 3.63) is 47.8 Å². The molecule has 7 heteroatoms. The van der Waals surface area contributed by atoms with Crippen LogP contribution in [0.3, 0.4) is 0 Å². The van der Waals surface area contributed by atoms with Gasteiger partial charge in [0.25, 0.3) is 5.91 Å². The number of hydrogen-bond donors (Lipinski definition) is 1. The summed E-state index contributed by atoms with van der Waals surface area (Å²) in [6.07, 6.45) is 3.84. The van der Waals surface area contributed by atoms with E-state index in [-0.39, 0.29) is 17.9 Å². The van der Waals surface area contributed by atoms with Crippen molar-refractivity contribution in [3.8, 4) is 5.69 Å². The van der Waals surface area contributed by atoms with E-state index in [4.69, 9.17) is 0 Å². The van der Waals surface area contributed by atoms with Crippen molar-refractivity contribution in [2.75, 3.05) is 26.2 Å². The monoisotopic (exact) mass is 381 g/mol. The highest BCUT2D eigenvalue weighted by molar-refractivity contribution is 5.95. The Morgan fingerprint density at radius 2 is 1.79 bits per heavy atom. The molecule has 148 valence electrons. The number of para-hydroxylation sites is 1. The Hall–Kier alpha value is -2.67. The van der Waals surface area contributed by atoms with Crippen LogP contribution in [-0.2, 0) is 4.79 Å². The molecule has 1 N–H and O–H groups in total. The number of carbonyl (C=O) groups is 2. The summed E-state index contributed by atoms with van der Waals surface area (Å²) in [7, 11) is 0. The van der Waals surface area contributed by atoms with Crippen LogP contribution in [0.5, 0.6) is 0 Å². The highest BCUT2D eigenvalue weighted by Gasteiger charge is 2.31. The number of nitrogens with zero attached hydrogens (tertiary/aromatic N) is 4. The molecule has 0 bridgehead atoms. The zero-order valence-electron chi connectivity index (χ0n) is 16.5. The number of piperazine rings is 1. The van der Waals surface area contributed by atoms with Crippen LogP contribution in [0.4, 0.5) is 0 Å². The molecule has 7 nitrogen and oxygen atoms in total. The Morgan fingerprint density at radius 3 is 2.43 bits per heavy atom. The third-order valence-electron chi connectivity index (χ3n) is 5.69. The first-order chi connectivity index (χ1) is 13.5. The Labute approximate surface area is 165 Å². The Morgan fingerprint density at radius 1 is 1.11 bits per heavy atom. The zero-order valence-corrected chi connectivity index (χ0v) is 16.5. The summed E-state index contributed by atoms with van der Waals surface area (Å²) in [5, 5.41) is 7.47. The van der Waals surface area contributed by atoms with Gasteiger partial charge in [-0.3, -0.25) is 14.5 Å². The maximum atomic E-state index is 13.0. The van der Waals surface area contributed by atoms with Gasteiger partial charge in [0.2, 0.25) is 5.91 Å². The molecule has 2 aromatic rings. The molecule has 0 radical (unpaired) electrons. The van der Waals surface area contributed by atoms with E-state index < -0.39 is 0 Å². The molecular formula is C21H27N5O2. The van der Waals surface area contributed by atoms with Crippen molar-refractivity contribution in [3.63, 3.8) is 0 Å². The summed E-state index contributed by atoms with van der Waals surface area (Å²) in [5.41, 5.74) is 2.42. The fourth-order valence-electron chi connectivity index (χ4n) is 3.65. The molecule has 1 aromatic carbocycles. The highest BCUT2D eigenvalue weighted by atomic mass is 16.2. The lowest BCUT2D eigenvalue weighted by atomic mass is 10.1. The van der Waals surface area contributed by atoms with Gasteiger partial charge in [0.15, 0.2) is 0 Å². The van der Waals surface area contributed by atoms with E-state index in [9.17, 15) is 9.59 Å². The van der Waals surface area contributed by atoms with Crippen LogP contribution >= 0.6 is 0 Å². The maximum Gasteiger partial charge on any atom is 0.257 e. The van der Waals surface area contributed by atoms with Gasteiger partial charge in [-0.25, -0.2) is 4.68 Å². The van der Waals surface area contributed by atoms with Crippen LogP contribution in [0.2, 0.25) is 0 Å². The number of amides is 2. The SMILES string of the molecule is Cc1c(C(=O)N2CCN(C(C)C(=O)NC3CC3)CC2)cnn1-c1ccccc1. The quantitative estimate of drug-likeness (QED) is 0.854. The molecule has 2 heterocycles. The van der Waals surface area contributed by atoms with Gasteiger partial charge in [-0.05, 0) is 38.8 Å². The molecule has 1 aliphatic carbocycles. The molecule has 1 aliphatic heterocycles. The van der Waals surface area contributed by atoms with E-state index in [1.807, 2.05) is 49.1 Å². The first-order valence-corrected chi connectivity index (χ1v) is 9.98. The molecular weight excluding hydrogens is 354 g/mol. The molecule has 2 fully saturated rings. The van der Waals surface area contributed by atoms with Crippen molar-refractivity contribution in [1.82, 2.24) is 24.9 Å². The van der Waals surface area contributed by atoms with Crippen LogP contribution in [0.25, 0.3) is 5.69 Å². The largest absolute Gasteiger partial charge is 0.352 e. The number of hydrogen-bond acceptors (Lipinski definition) is 4. The molecule has 1 saturated carbocycles. The molecule has 1 saturated heterocycles. The Balaban J connectivity index is 1.38. The number of carbonyl (C=O) groups excluding carboxylic acids is 2. The molecule has 28 heavy (non-hydrogen) atoms. The van der Waals surface area contributed by atoms with Gasteiger partial charge in [0, 0.05) is 32.2 Å². The van der Waals surface area contributed by atoms with Gasteiger partial charge >= 0.3 is 0 Å². The molecule has 2 aliphatic rings. The summed E-state index contributed by atoms with van der Waals surface area (Å²) in [4.78, 5) is 29.3. The first-order valence-electron chi connectivity index (χ1n) is 9.98. The lowest BCUT2D eigenvalue weighted by Gasteiger charge is -2.37. The fourth-order valence-corrected chi connectivity index (χ4v) is 3.65. The molecule has 1 unspecified atom stereocenters. The van der Waals surface area contributed by atoms with E-state index in [1.54, 1.807) is 10.9 Å². The minimum absolute atomic E-state index is 0.00872. The molecule has 4 rings (SSSR count). The predicted molar refractivity (Wildman–Crippen MR) is 106 cm³/mol. The predicted octanol–water partition coefficient (Wildman–Crippen LogP) is 1.61. The van der Waals surface area contributed by atoms with Crippen molar-refractivity contribution < 1.29 is 9.59 Å². The van der Waals surface area contributed by atoms with Crippen molar-refractivity contribution in [2.24, 2.45) is 0 Å². The summed E-state index contributed by atoms with van der Waals surface area (Å²) < 4.78 is 1.80. The summed E-state index contributed by atoms with van der Waals surface area (Å²) in [5.74, 6) is 0.108. The lowest BCUT2D eigenvalue weighted by molar-refractivity contribution is -0.126. The van der Waals surface area contributed by atoms with Crippen molar-refractivity contribution in [1.29, 1.82) is 0 Å². The number of nitrogens with one attached hydrogen (secondary N) is 1. The number of rotatable bonds is 5. The Kier molecular flexibility index (Phi) is 5.17.